The minimum atomic E-state index is 0.417. The van der Waals surface area contributed by atoms with Gasteiger partial charge in [0.25, 0.3) is 0 Å². The first-order valence-electron chi connectivity index (χ1n) is 8.28. The van der Waals surface area contributed by atoms with E-state index in [2.05, 4.69) is 26.1 Å². The fourth-order valence-corrected chi connectivity index (χ4v) is 3.97. The van der Waals surface area contributed by atoms with Crippen LogP contribution in [0.15, 0.2) is 35.4 Å². The van der Waals surface area contributed by atoms with Crippen LogP contribution in [0, 0.1) is 0 Å². The van der Waals surface area contributed by atoms with Gasteiger partial charge in [-0.25, -0.2) is 4.98 Å². The molecule has 0 atom stereocenters. The molecule has 5 nitrogen and oxygen atoms in total. The molecule has 0 radical (unpaired) electrons. The zero-order valence-electron chi connectivity index (χ0n) is 13.7. The van der Waals surface area contributed by atoms with E-state index in [1.807, 2.05) is 30.3 Å². The average molecular weight is 394 g/mol. The second-order valence-electron chi connectivity index (χ2n) is 5.84. The van der Waals surface area contributed by atoms with E-state index in [-0.39, 0.29) is 0 Å². The van der Waals surface area contributed by atoms with Crippen molar-refractivity contribution >= 4 is 57.3 Å². The van der Waals surface area contributed by atoms with Gasteiger partial charge in [0, 0.05) is 11.7 Å². The van der Waals surface area contributed by atoms with E-state index in [0.717, 1.165) is 15.7 Å². The SMILES string of the molecule is S=C(N/N=C/c1sc(Nc2ccccc2)nc1Cl)NC1CCCCC1. The van der Waals surface area contributed by atoms with Crippen LogP contribution in [0.1, 0.15) is 37.0 Å². The molecular formula is C17H20ClN5S2. The Labute approximate surface area is 161 Å². The Morgan fingerprint density at radius 3 is 2.76 bits per heavy atom. The summed E-state index contributed by atoms with van der Waals surface area (Å²) in [5, 5.41) is 12.4. The molecule has 0 amide bonds. The Balaban J connectivity index is 1.51. The van der Waals surface area contributed by atoms with Gasteiger partial charge in [-0.1, -0.05) is 60.4 Å². The van der Waals surface area contributed by atoms with Crippen molar-refractivity contribution < 1.29 is 0 Å². The van der Waals surface area contributed by atoms with E-state index in [4.69, 9.17) is 23.8 Å². The lowest BCUT2D eigenvalue weighted by molar-refractivity contribution is 0.412. The van der Waals surface area contributed by atoms with Crippen molar-refractivity contribution in [1.82, 2.24) is 15.7 Å². The highest BCUT2D eigenvalue weighted by Gasteiger charge is 2.13. The summed E-state index contributed by atoms with van der Waals surface area (Å²) >= 11 is 12.9. The maximum atomic E-state index is 6.17. The van der Waals surface area contributed by atoms with Crippen LogP contribution in [0.5, 0.6) is 0 Å². The Morgan fingerprint density at radius 1 is 1.24 bits per heavy atom. The Kier molecular flexibility index (Phi) is 6.61. The van der Waals surface area contributed by atoms with Gasteiger partial charge in [0.15, 0.2) is 15.4 Å². The molecule has 2 aromatic rings. The normalized spacial score (nSPS) is 15.2. The maximum Gasteiger partial charge on any atom is 0.189 e. The monoisotopic (exact) mass is 393 g/mol. The van der Waals surface area contributed by atoms with Gasteiger partial charge in [0.05, 0.1) is 11.1 Å². The van der Waals surface area contributed by atoms with Crippen LogP contribution in [-0.4, -0.2) is 22.4 Å². The van der Waals surface area contributed by atoms with Gasteiger partial charge in [-0.05, 0) is 37.2 Å². The zero-order chi connectivity index (χ0) is 17.5. The number of thiazole rings is 1. The van der Waals surface area contributed by atoms with Crippen molar-refractivity contribution in [3.8, 4) is 0 Å². The molecule has 0 bridgehead atoms. The number of anilines is 2. The number of aromatic nitrogens is 1. The summed E-state index contributed by atoms with van der Waals surface area (Å²) < 4.78 is 0. The van der Waals surface area contributed by atoms with E-state index < -0.39 is 0 Å². The van der Waals surface area contributed by atoms with E-state index in [1.165, 1.54) is 43.4 Å². The molecule has 8 heteroatoms. The third-order valence-corrected chi connectivity index (χ3v) is 5.44. The first kappa shape index (κ1) is 18.1. The van der Waals surface area contributed by atoms with Gasteiger partial charge in [-0.3, -0.25) is 5.43 Å². The van der Waals surface area contributed by atoms with Gasteiger partial charge in [-0.2, -0.15) is 5.10 Å². The summed E-state index contributed by atoms with van der Waals surface area (Å²) in [6, 6.07) is 10.3. The van der Waals surface area contributed by atoms with Gasteiger partial charge >= 0.3 is 0 Å². The highest BCUT2D eigenvalue weighted by molar-refractivity contribution is 7.80. The molecular weight excluding hydrogens is 374 g/mol. The van der Waals surface area contributed by atoms with E-state index >= 15 is 0 Å². The third-order valence-electron chi connectivity index (χ3n) is 3.92. The van der Waals surface area contributed by atoms with E-state index in [1.54, 1.807) is 6.21 Å². The van der Waals surface area contributed by atoms with Crippen LogP contribution < -0.4 is 16.1 Å². The largest absolute Gasteiger partial charge is 0.359 e. The fourth-order valence-electron chi connectivity index (χ4n) is 2.71. The Morgan fingerprint density at radius 2 is 2.00 bits per heavy atom. The van der Waals surface area contributed by atoms with Crippen LogP contribution in [0.4, 0.5) is 10.8 Å². The lowest BCUT2D eigenvalue weighted by Crippen LogP contribution is -2.40. The topological polar surface area (TPSA) is 61.3 Å². The van der Waals surface area contributed by atoms with Crippen LogP contribution in [0.2, 0.25) is 5.15 Å². The standard InChI is InChI=1S/C17H20ClN5S2/c18-15-14(25-17(22-15)21-13-9-5-2-6-10-13)11-19-23-16(24)20-12-7-3-1-4-8-12/h2,5-6,9-12H,1,3-4,7-8H2,(H,21,22)(H2,20,23,24)/b19-11+. The van der Waals surface area contributed by atoms with Gasteiger partial charge < -0.3 is 10.6 Å². The molecule has 0 spiro atoms. The molecule has 1 aliphatic rings. The number of halogens is 1. The van der Waals surface area contributed by atoms with Crippen molar-refractivity contribution in [2.75, 3.05) is 5.32 Å². The van der Waals surface area contributed by atoms with Crippen molar-refractivity contribution in [2.24, 2.45) is 5.10 Å². The number of hydrogen-bond donors (Lipinski definition) is 3. The molecule has 0 aliphatic heterocycles. The van der Waals surface area contributed by atoms with Crippen LogP contribution >= 0.6 is 35.2 Å². The molecule has 1 aromatic carbocycles. The molecule has 1 saturated carbocycles. The van der Waals surface area contributed by atoms with Crippen molar-refractivity contribution in [3.63, 3.8) is 0 Å². The lowest BCUT2D eigenvalue weighted by Gasteiger charge is -2.23. The van der Waals surface area contributed by atoms with Crippen molar-refractivity contribution in [2.45, 2.75) is 38.1 Å². The number of nitrogens with zero attached hydrogens (tertiary/aromatic N) is 2. The van der Waals surface area contributed by atoms with E-state index in [0.29, 0.717) is 16.3 Å². The smallest absolute Gasteiger partial charge is 0.189 e. The molecule has 3 rings (SSSR count). The van der Waals surface area contributed by atoms with Crippen molar-refractivity contribution in [3.05, 3.63) is 40.4 Å². The summed E-state index contributed by atoms with van der Waals surface area (Å²) in [7, 11) is 0. The highest BCUT2D eigenvalue weighted by atomic mass is 35.5. The Bertz CT molecular complexity index is 726. The van der Waals surface area contributed by atoms with Crippen LogP contribution in [0.3, 0.4) is 0 Å². The predicted octanol–water partition coefficient (Wildman–Crippen LogP) is 4.67. The molecule has 1 aliphatic carbocycles. The first-order chi connectivity index (χ1) is 12.2. The second-order valence-corrected chi connectivity index (χ2v) is 7.64. The zero-order valence-corrected chi connectivity index (χ0v) is 16.1. The number of rotatable bonds is 5. The number of para-hydroxylation sites is 1. The van der Waals surface area contributed by atoms with Crippen LogP contribution in [-0.2, 0) is 0 Å². The third kappa shape index (κ3) is 5.66. The lowest BCUT2D eigenvalue weighted by atomic mass is 9.96. The number of hydrogen-bond acceptors (Lipinski definition) is 5. The molecule has 0 saturated heterocycles. The summed E-state index contributed by atoms with van der Waals surface area (Å²) in [4.78, 5) is 5.07. The number of thiocarbonyl (C=S) groups is 1. The molecule has 132 valence electrons. The minimum Gasteiger partial charge on any atom is -0.359 e. The number of benzene rings is 1. The summed E-state index contributed by atoms with van der Waals surface area (Å²) in [5.74, 6) is 0. The van der Waals surface area contributed by atoms with Gasteiger partial charge in [0.1, 0.15) is 0 Å². The molecule has 25 heavy (non-hydrogen) atoms. The Hall–Kier alpha value is -1.70. The summed E-state index contributed by atoms with van der Waals surface area (Å²) in [5.41, 5.74) is 3.82. The second kappa shape index (κ2) is 9.12. The predicted molar refractivity (Wildman–Crippen MR) is 110 cm³/mol. The minimum absolute atomic E-state index is 0.417. The molecule has 3 N–H and O–H groups in total. The fraction of sp³-hybridized carbons (Fsp3) is 0.353. The number of nitrogens with one attached hydrogen (secondary N) is 3. The number of hydrazone groups is 1. The summed E-state index contributed by atoms with van der Waals surface area (Å²) in [6.07, 6.45) is 7.82. The van der Waals surface area contributed by atoms with Gasteiger partial charge in [0.2, 0.25) is 0 Å². The molecule has 0 unspecified atom stereocenters. The van der Waals surface area contributed by atoms with Crippen molar-refractivity contribution in [1.29, 1.82) is 0 Å². The van der Waals surface area contributed by atoms with Crippen LogP contribution in [0.25, 0.3) is 0 Å². The average Bonchev–Trinajstić information content (AvgIpc) is 2.96. The van der Waals surface area contributed by atoms with Gasteiger partial charge in [-0.15, -0.1) is 0 Å². The molecule has 1 fully saturated rings. The molecule has 1 aromatic heterocycles. The van der Waals surface area contributed by atoms with E-state index in [9.17, 15) is 0 Å². The first-order valence-corrected chi connectivity index (χ1v) is 9.89. The summed E-state index contributed by atoms with van der Waals surface area (Å²) in [6.45, 7) is 0. The maximum absolute atomic E-state index is 6.17. The molecule has 1 heterocycles. The quantitative estimate of drug-likeness (QED) is 0.391. The highest BCUT2D eigenvalue weighted by Crippen LogP contribution is 2.27.